The molecule has 1 fully saturated rings. The lowest BCUT2D eigenvalue weighted by Crippen LogP contribution is -2.51. The first-order valence-corrected chi connectivity index (χ1v) is 5.66. The Hall–Kier alpha value is -2.02. The van der Waals surface area contributed by atoms with Crippen LogP contribution in [0.5, 0.6) is 0 Å². The minimum absolute atomic E-state index is 0.0326. The molecule has 1 unspecified atom stereocenters. The molecule has 0 saturated carbocycles. The molecular formula is C12H12F2N2O3. The van der Waals surface area contributed by atoms with Crippen molar-refractivity contribution in [1.82, 2.24) is 10.6 Å². The van der Waals surface area contributed by atoms with Gasteiger partial charge in [0.2, 0.25) is 5.60 Å². The van der Waals surface area contributed by atoms with Crippen LogP contribution < -0.4 is 10.6 Å². The molecule has 19 heavy (non-hydrogen) atoms. The number of hydrogen-bond acceptors (Lipinski definition) is 3. The van der Waals surface area contributed by atoms with Gasteiger partial charge in [0, 0.05) is 25.6 Å². The van der Waals surface area contributed by atoms with Gasteiger partial charge in [-0.05, 0) is 17.7 Å². The van der Waals surface area contributed by atoms with Crippen molar-refractivity contribution in [2.75, 3.05) is 6.54 Å². The van der Waals surface area contributed by atoms with Crippen LogP contribution in [0.15, 0.2) is 18.2 Å². The molecule has 0 bridgehead atoms. The molecule has 1 aliphatic rings. The summed E-state index contributed by atoms with van der Waals surface area (Å²) in [6, 6.07) is 2.83. The second kappa shape index (κ2) is 4.93. The molecule has 5 nitrogen and oxygen atoms in total. The van der Waals surface area contributed by atoms with Crippen LogP contribution in [0.4, 0.5) is 8.78 Å². The van der Waals surface area contributed by atoms with Crippen LogP contribution in [0.1, 0.15) is 12.0 Å². The van der Waals surface area contributed by atoms with E-state index in [0.717, 1.165) is 12.1 Å². The number of carbonyl (C=O) groups excluding carboxylic acids is 2. The largest absolute Gasteiger partial charge is 0.372 e. The van der Waals surface area contributed by atoms with Crippen molar-refractivity contribution in [3.8, 4) is 0 Å². The Morgan fingerprint density at radius 1 is 1.37 bits per heavy atom. The molecule has 1 atom stereocenters. The van der Waals surface area contributed by atoms with Gasteiger partial charge in [-0.25, -0.2) is 8.78 Å². The van der Waals surface area contributed by atoms with Gasteiger partial charge in [0.05, 0.1) is 0 Å². The second-order valence-corrected chi connectivity index (χ2v) is 4.33. The highest BCUT2D eigenvalue weighted by atomic mass is 19.1. The van der Waals surface area contributed by atoms with Crippen LogP contribution in [0.2, 0.25) is 0 Å². The van der Waals surface area contributed by atoms with E-state index < -0.39 is 29.0 Å². The van der Waals surface area contributed by atoms with Gasteiger partial charge in [-0.1, -0.05) is 0 Å². The molecular weight excluding hydrogens is 258 g/mol. The fourth-order valence-corrected chi connectivity index (χ4v) is 1.87. The first-order chi connectivity index (χ1) is 8.91. The van der Waals surface area contributed by atoms with E-state index in [9.17, 15) is 23.5 Å². The summed E-state index contributed by atoms with van der Waals surface area (Å²) >= 11 is 0. The monoisotopic (exact) mass is 270 g/mol. The van der Waals surface area contributed by atoms with Gasteiger partial charge in [-0.3, -0.25) is 9.59 Å². The zero-order valence-corrected chi connectivity index (χ0v) is 9.87. The fourth-order valence-electron chi connectivity index (χ4n) is 1.87. The van der Waals surface area contributed by atoms with Gasteiger partial charge >= 0.3 is 0 Å². The number of rotatable bonds is 3. The standard InChI is InChI=1S/C12H12F2N2O3/c13-8-3-7(4-9(14)5-8)6-16-11(18)12(19)1-2-15-10(12)17/h3-5,19H,1-2,6H2,(H,15,17)(H,16,18). The summed E-state index contributed by atoms with van der Waals surface area (Å²) in [6.45, 7) is 0.0282. The predicted molar refractivity (Wildman–Crippen MR) is 60.8 cm³/mol. The number of benzene rings is 1. The molecule has 2 amide bonds. The average molecular weight is 270 g/mol. The van der Waals surface area contributed by atoms with E-state index in [4.69, 9.17) is 0 Å². The summed E-state index contributed by atoms with van der Waals surface area (Å²) in [5.74, 6) is -3.18. The smallest absolute Gasteiger partial charge is 0.262 e. The lowest BCUT2D eigenvalue weighted by Gasteiger charge is -2.18. The minimum atomic E-state index is -2.11. The number of halogens is 2. The van der Waals surface area contributed by atoms with Crippen LogP contribution in [-0.2, 0) is 16.1 Å². The summed E-state index contributed by atoms with van der Waals surface area (Å²) in [4.78, 5) is 23.0. The SMILES string of the molecule is O=C1NCCC1(O)C(=O)NCc1cc(F)cc(F)c1. The van der Waals surface area contributed by atoms with Crippen molar-refractivity contribution in [3.63, 3.8) is 0 Å². The molecule has 102 valence electrons. The Morgan fingerprint density at radius 3 is 2.53 bits per heavy atom. The normalized spacial score (nSPS) is 22.2. The molecule has 0 radical (unpaired) electrons. The van der Waals surface area contributed by atoms with Crippen molar-refractivity contribution in [2.45, 2.75) is 18.6 Å². The molecule has 0 spiro atoms. The Bertz CT molecular complexity index is 515. The highest BCUT2D eigenvalue weighted by molar-refractivity contribution is 6.09. The maximum atomic E-state index is 12.9. The average Bonchev–Trinajstić information content (AvgIpc) is 2.67. The predicted octanol–water partition coefficient (Wildman–Crippen LogP) is -0.168. The quantitative estimate of drug-likeness (QED) is 0.667. The van der Waals surface area contributed by atoms with E-state index in [0.29, 0.717) is 6.07 Å². The number of carbonyl (C=O) groups is 2. The highest BCUT2D eigenvalue weighted by Crippen LogP contribution is 2.16. The van der Waals surface area contributed by atoms with Crippen molar-refractivity contribution in [2.24, 2.45) is 0 Å². The summed E-state index contributed by atoms with van der Waals surface area (Å²) in [6.07, 6.45) is -0.0326. The summed E-state index contributed by atoms with van der Waals surface area (Å²) in [5, 5.41) is 14.5. The molecule has 1 aromatic rings. The van der Waals surface area contributed by atoms with E-state index in [1.54, 1.807) is 0 Å². The Labute approximate surface area is 107 Å². The lowest BCUT2D eigenvalue weighted by atomic mass is 10.0. The summed E-state index contributed by atoms with van der Waals surface area (Å²) in [5.41, 5.74) is -1.90. The molecule has 3 N–H and O–H groups in total. The molecule has 0 aliphatic carbocycles. The van der Waals surface area contributed by atoms with Gasteiger partial charge in [0.1, 0.15) is 11.6 Å². The molecule has 0 aromatic heterocycles. The Morgan fingerprint density at radius 2 is 2.00 bits per heavy atom. The second-order valence-electron chi connectivity index (χ2n) is 4.33. The van der Waals surface area contributed by atoms with Crippen LogP contribution in [-0.4, -0.2) is 29.1 Å². The van der Waals surface area contributed by atoms with E-state index >= 15 is 0 Å². The maximum absolute atomic E-state index is 12.9. The van der Waals surface area contributed by atoms with Gasteiger partial charge in [-0.2, -0.15) is 0 Å². The molecule has 1 heterocycles. The van der Waals surface area contributed by atoms with Crippen molar-refractivity contribution >= 4 is 11.8 Å². The van der Waals surface area contributed by atoms with Crippen molar-refractivity contribution < 1.29 is 23.5 Å². The zero-order valence-electron chi connectivity index (χ0n) is 9.87. The minimum Gasteiger partial charge on any atom is -0.372 e. The summed E-state index contributed by atoms with van der Waals surface area (Å²) < 4.78 is 25.8. The number of amides is 2. The van der Waals surface area contributed by atoms with Crippen LogP contribution in [0.25, 0.3) is 0 Å². The third-order valence-electron chi connectivity index (χ3n) is 2.90. The lowest BCUT2D eigenvalue weighted by molar-refractivity contribution is -0.150. The fraction of sp³-hybridized carbons (Fsp3) is 0.333. The third kappa shape index (κ3) is 2.70. The first-order valence-electron chi connectivity index (χ1n) is 5.66. The van der Waals surface area contributed by atoms with Gasteiger partial charge in [0.25, 0.3) is 11.8 Å². The number of aliphatic hydroxyl groups is 1. The van der Waals surface area contributed by atoms with Crippen molar-refractivity contribution in [3.05, 3.63) is 35.4 Å². The number of nitrogens with one attached hydrogen (secondary N) is 2. The Kier molecular flexibility index (Phi) is 3.48. The molecule has 7 heteroatoms. The molecule has 1 aliphatic heterocycles. The van der Waals surface area contributed by atoms with Gasteiger partial charge in [-0.15, -0.1) is 0 Å². The van der Waals surface area contributed by atoms with E-state index in [1.807, 2.05) is 0 Å². The van der Waals surface area contributed by atoms with Crippen LogP contribution in [0, 0.1) is 11.6 Å². The highest BCUT2D eigenvalue weighted by Gasteiger charge is 2.47. The molecule has 2 rings (SSSR count). The molecule has 1 aromatic carbocycles. The van der Waals surface area contributed by atoms with Gasteiger partial charge < -0.3 is 15.7 Å². The van der Waals surface area contributed by atoms with Crippen molar-refractivity contribution in [1.29, 1.82) is 0 Å². The zero-order chi connectivity index (χ0) is 14.0. The topological polar surface area (TPSA) is 78.4 Å². The summed E-state index contributed by atoms with van der Waals surface area (Å²) in [7, 11) is 0. The Balaban J connectivity index is 2.02. The third-order valence-corrected chi connectivity index (χ3v) is 2.90. The first kappa shape index (κ1) is 13.4. The van der Waals surface area contributed by atoms with Crippen LogP contribution >= 0.6 is 0 Å². The van der Waals surface area contributed by atoms with E-state index in [1.165, 1.54) is 0 Å². The number of hydrogen-bond donors (Lipinski definition) is 3. The van der Waals surface area contributed by atoms with Crippen LogP contribution in [0.3, 0.4) is 0 Å². The maximum Gasteiger partial charge on any atom is 0.262 e. The molecule has 1 saturated heterocycles. The van der Waals surface area contributed by atoms with E-state index in [2.05, 4.69) is 10.6 Å². The van der Waals surface area contributed by atoms with E-state index in [-0.39, 0.29) is 25.1 Å². The van der Waals surface area contributed by atoms with Gasteiger partial charge in [0.15, 0.2) is 0 Å².